The number of allylic oxidation sites excluding steroid dienone is 1. The Kier molecular flexibility index (Phi) is 7.55. The Hall–Kier alpha value is -2.06. The van der Waals surface area contributed by atoms with Gasteiger partial charge in [-0.15, -0.1) is 0 Å². The van der Waals surface area contributed by atoms with E-state index in [1.165, 1.54) is 6.08 Å². The fraction of sp³-hybridized carbons (Fsp3) is 0.480. The van der Waals surface area contributed by atoms with Crippen molar-refractivity contribution >= 4 is 21.3 Å². The van der Waals surface area contributed by atoms with Gasteiger partial charge in [-0.2, -0.15) is 0 Å². The molecule has 1 fully saturated rings. The summed E-state index contributed by atoms with van der Waals surface area (Å²) in [6.07, 6.45) is 2.20. The second kappa shape index (κ2) is 9.83. The fourth-order valence-electron chi connectivity index (χ4n) is 4.14. The third kappa shape index (κ3) is 5.46. The molecule has 0 aromatic heterocycles. The highest BCUT2D eigenvalue weighted by Crippen LogP contribution is 2.44. The average molecular weight is 460 g/mol. The number of benzene rings is 1. The number of ether oxygens (including phenoxy) is 2. The van der Waals surface area contributed by atoms with E-state index in [4.69, 9.17) is 9.47 Å². The van der Waals surface area contributed by atoms with Crippen LogP contribution < -0.4 is 10.1 Å². The van der Waals surface area contributed by atoms with Gasteiger partial charge in [0.25, 0.3) is 0 Å². The van der Waals surface area contributed by atoms with Gasteiger partial charge in [-0.3, -0.25) is 4.90 Å². The van der Waals surface area contributed by atoms with Crippen LogP contribution in [-0.2, 0) is 14.4 Å². The predicted molar refractivity (Wildman–Crippen MR) is 135 cm³/mol. The van der Waals surface area contributed by atoms with Crippen LogP contribution in [0.15, 0.2) is 48.9 Å². The van der Waals surface area contributed by atoms with Crippen molar-refractivity contribution in [3.63, 3.8) is 0 Å². The van der Waals surface area contributed by atoms with Gasteiger partial charge < -0.3 is 14.8 Å². The lowest BCUT2D eigenvalue weighted by Gasteiger charge is -2.42. The van der Waals surface area contributed by atoms with Crippen LogP contribution in [0.3, 0.4) is 0 Å². The van der Waals surface area contributed by atoms with Crippen LogP contribution in [0, 0.1) is 0 Å². The van der Waals surface area contributed by atoms with Gasteiger partial charge in [-0.05, 0) is 43.5 Å². The van der Waals surface area contributed by atoms with Crippen LogP contribution in [-0.4, -0.2) is 71.3 Å². The first-order chi connectivity index (χ1) is 15.0. The maximum Gasteiger partial charge on any atom is 0.124 e. The van der Waals surface area contributed by atoms with Gasteiger partial charge in [-0.1, -0.05) is 25.8 Å². The molecule has 0 spiro atoms. The van der Waals surface area contributed by atoms with Gasteiger partial charge in [0.2, 0.25) is 0 Å². The SMILES string of the molecule is C=CC(=C)S(=C)(=O)N(C)C1CC(C)(C)Oc2ccc(C(=C)NCCN3CCOCC3)cc21. The van der Waals surface area contributed by atoms with E-state index in [0.717, 1.165) is 62.0 Å². The maximum absolute atomic E-state index is 13.4. The normalized spacial score (nSPS) is 22.3. The van der Waals surface area contributed by atoms with Crippen molar-refractivity contribution in [3.05, 3.63) is 60.0 Å². The zero-order valence-electron chi connectivity index (χ0n) is 19.7. The third-order valence-corrected chi connectivity index (χ3v) is 8.37. The Morgan fingerprint density at radius 2 is 2.03 bits per heavy atom. The van der Waals surface area contributed by atoms with E-state index in [-0.39, 0.29) is 6.04 Å². The minimum Gasteiger partial charge on any atom is -0.487 e. The second-order valence-electron chi connectivity index (χ2n) is 9.05. The van der Waals surface area contributed by atoms with Gasteiger partial charge in [0, 0.05) is 55.8 Å². The lowest BCUT2D eigenvalue weighted by Crippen LogP contribution is -2.42. The van der Waals surface area contributed by atoms with E-state index in [0.29, 0.717) is 11.3 Å². The minimum absolute atomic E-state index is 0.142. The Balaban J connectivity index is 1.80. The first kappa shape index (κ1) is 24.6. The standard InChI is InChI=1S/C25H37N3O3S/c1-8-19(2)32(7,29)27(6)23-18-25(4,5)31-24-10-9-21(17-22(23)24)20(3)26-11-12-28-13-15-30-16-14-28/h8-10,17,23,26H,1-3,7,11-16,18H2,4-6H3. The van der Waals surface area contributed by atoms with Crippen LogP contribution in [0.1, 0.15) is 37.4 Å². The van der Waals surface area contributed by atoms with Crippen LogP contribution >= 0.6 is 0 Å². The van der Waals surface area contributed by atoms with Crippen molar-refractivity contribution < 1.29 is 13.7 Å². The largest absolute Gasteiger partial charge is 0.487 e. The molecule has 0 radical (unpaired) electrons. The van der Waals surface area contributed by atoms with Gasteiger partial charge in [0.15, 0.2) is 0 Å². The molecule has 1 aromatic carbocycles. The molecule has 2 aliphatic rings. The van der Waals surface area contributed by atoms with Crippen LogP contribution in [0.2, 0.25) is 0 Å². The zero-order chi connectivity index (χ0) is 23.5. The molecule has 1 saturated heterocycles. The summed E-state index contributed by atoms with van der Waals surface area (Å²) in [6.45, 7) is 21.3. The molecule has 0 saturated carbocycles. The number of nitrogens with zero attached hydrogens (tertiary/aromatic N) is 2. The molecule has 6 nitrogen and oxygen atoms in total. The Morgan fingerprint density at radius 1 is 1.34 bits per heavy atom. The molecule has 0 aliphatic carbocycles. The molecule has 2 heterocycles. The summed E-state index contributed by atoms with van der Waals surface area (Å²) in [4.78, 5) is 2.81. The zero-order valence-corrected chi connectivity index (χ0v) is 20.5. The van der Waals surface area contributed by atoms with Crippen molar-refractivity contribution in [2.24, 2.45) is 0 Å². The highest BCUT2D eigenvalue weighted by atomic mass is 32.2. The number of fused-ring (bicyclic) bond motifs is 1. The highest BCUT2D eigenvalue weighted by Gasteiger charge is 2.38. The minimum atomic E-state index is -2.73. The quantitative estimate of drug-likeness (QED) is 0.453. The fourth-order valence-corrected chi connectivity index (χ4v) is 5.37. The summed E-state index contributed by atoms with van der Waals surface area (Å²) in [5, 5.41) is 3.44. The van der Waals surface area contributed by atoms with Gasteiger partial charge in [0.1, 0.15) is 11.4 Å². The summed E-state index contributed by atoms with van der Waals surface area (Å²) in [5.41, 5.74) is 2.43. The molecule has 0 bridgehead atoms. The molecule has 2 unspecified atom stereocenters. The van der Waals surface area contributed by atoms with E-state index < -0.39 is 15.3 Å². The molecule has 1 aromatic rings. The van der Waals surface area contributed by atoms with Crippen LogP contribution in [0.5, 0.6) is 5.75 Å². The van der Waals surface area contributed by atoms with Crippen molar-refractivity contribution in [2.45, 2.75) is 31.9 Å². The van der Waals surface area contributed by atoms with Crippen molar-refractivity contribution in [1.29, 1.82) is 0 Å². The average Bonchev–Trinajstić information content (AvgIpc) is 2.77. The van der Waals surface area contributed by atoms with Crippen molar-refractivity contribution in [1.82, 2.24) is 14.5 Å². The first-order valence-electron chi connectivity index (χ1n) is 11.0. The van der Waals surface area contributed by atoms with Crippen LogP contribution in [0.25, 0.3) is 5.70 Å². The number of hydrogen-bond donors (Lipinski definition) is 1. The third-order valence-electron chi connectivity index (χ3n) is 6.20. The second-order valence-corrected chi connectivity index (χ2v) is 11.4. The number of nitrogens with one attached hydrogen (secondary N) is 1. The molecule has 32 heavy (non-hydrogen) atoms. The number of rotatable bonds is 9. The molecule has 176 valence electrons. The predicted octanol–water partition coefficient (Wildman–Crippen LogP) is 3.44. The molecule has 1 N–H and O–H groups in total. The summed E-state index contributed by atoms with van der Waals surface area (Å²) in [5.74, 6) is 4.77. The van der Waals surface area contributed by atoms with Crippen molar-refractivity contribution in [2.75, 3.05) is 46.4 Å². The molecule has 0 amide bonds. The molecule has 3 rings (SSSR count). The Labute approximate surface area is 193 Å². The van der Waals surface area contributed by atoms with Gasteiger partial charge in [-0.25, -0.2) is 8.51 Å². The Bertz CT molecular complexity index is 978. The lowest BCUT2D eigenvalue weighted by atomic mass is 9.88. The summed E-state index contributed by atoms with van der Waals surface area (Å²) < 4.78 is 26.9. The highest BCUT2D eigenvalue weighted by molar-refractivity contribution is 8.01. The lowest BCUT2D eigenvalue weighted by molar-refractivity contribution is 0.0388. The molecule has 7 heteroatoms. The van der Waals surface area contributed by atoms with E-state index >= 15 is 0 Å². The molecular weight excluding hydrogens is 422 g/mol. The van der Waals surface area contributed by atoms with E-state index in [1.54, 1.807) is 0 Å². The van der Waals surface area contributed by atoms with E-state index in [9.17, 15) is 4.21 Å². The monoisotopic (exact) mass is 459 g/mol. The van der Waals surface area contributed by atoms with Crippen LogP contribution in [0.4, 0.5) is 0 Å². The van der Waals surface area contributed by atoms with E-state index in [1.807, 2.05) is 37.3 Å². The van der Waals surface area contributed by atoms with Crippen molar-refractivity contribution in [3.8, 4) is 5.75 Å². The smallest absolute Gasteiger partial charge is 0.124 e. The van der Waals surface area contributed by atoms with Gasteiger partial charge >= 0.3 is 0 Å². The van der Waals surface area contributed by atoms with Gasteiger partial charge in [0.05, 0.1) is 29.0 Å². The van der Waals surface area contributed by atoms with E-state index in [2.05, 4.69) is 41.9 Å². The molecule has 2 aliphatic heterocycles. The summed E-state index contributed by atoms with van der Waals surface area (Å²) in [6, 6.07) is 5.94. The molecular formula is C25H37N3O3S. The number of morpholine rings is 1. The summed E-state index contributed by atoms with van der Waals surface area (Å²) in [7, 11) is -0.895. The first-order valence-corrected chi connectivity index (χ1v) is 12.7. The Morgan fingerprint density at radius 3 is 2.69 bits per heavy atom. The molecule has 2 atom stereocenters. The topological polar surface area (TPSA) is 54.0 Å². The summed E-state index contributed by atoms with van der Waals surface area (Å²) >= 11 is 0. The maximum atomic E-state index is 13.4. The number of hydrogen-bond acceptors (Lipinski definition) is 5.